The van der Waals surface area contributed by atoms with Crippen molar-refractivity contribution >= 4 is 11.4 Å². The molecule has 0 aromatic heterocycles. The number of nitrogens with zero attached hydrogens (tertiary/aromatic N) is 1. The Morgan fingerprint density at radius 1 is 1.53 bits per heavy atom. The molecule has 6 heteroatoms. The van der Waals surface area contributed by atoms with Crippen molar-refractivity contribution in [3.05, 3.63) is 28.3 Å². The molecule has 6 nitrogen and oxygen atoms in total. The molecular weight excluding hydrogens is 224 g/mol. The summed E-state index contributed by atoms with van der Waals surface area (Å²) in [5.74, 6) is 0.230. The molecule has 17 heavy (non-hydrogen) atoms. The van der Waals surface area contributed by atoms with Crippen LogP contribution in [0, 0.1) is 10.1 Å². The van der Waals surface area contributed by atoms with E-state index in [-0.39, 0.29) is 30.7 Å². The van der Waals surface area contributed by atoms with Crippen molar-refractivity contribution in [3.63, 3.8) is 0 Å². The molecular formula is C11H16N2O4. The maximum atomic E-state index is 11.0. The average molecular weight is 240 g/mol. The molecule has 1 aromatic rings. The smallest absolute Gasteiger partial charge is 0.333 e. The van der Waals surface area contributed by atoms with Crippen molar-refractivity contribution < 1.29 is 14.8 Å². The highest BCUT2D eigenvalue weighted by Gasteiger charge is 2.21. The van der Waals surface area contributed by atoms with E-state index >= 15 is 0 Å². The molecule has 1 aromatic carbocycles. The molecule has 0 saturated carbocycles. The largest absolute Gasteiger partial charge is 0.484 e. The minimum Gasteiger partial charge on any atom is -0.484 e. The topological polar surface area (TPSA) is 84.6 Å². The minimum absolute atomic E-state index is 0.0909. The average Bonchev–Trinajstić information content (AvgIpc) is 2.25. The van der Waals surface area contributed by atoms with Gasteiger partial charge in [0, 0.05) is 6.54 Å². The van der Waals surface area contributed by atoms with Gasteiger partial charge in [-0.1, -0.05) is 6.07 Å². The molecule has 0 radical (unpaired) electrons. The number of rotatable bonds is 6. The van der Waals surface area contributed by atoms with Gasteiger partial charge in [0.1, 0.15) is 5.69 Å². The Hall–Kier alpha value is -1.82. The van der Waals surface area contributed by atoms with E-state index in [4.69, 9.17) is 9.84 Å². The highest BCUT2D eigenvalue weighted by Crippen LogP contribution is 2.35. The number of nitrogens with one attached hydrogen (secondary N) is 1. The molecule has 0 heterocycles. The Morgan fingerprint density at radius 2 is 2.24 bits per heavy atom. The van der Waals surface area contributed by atoms with Gasteiger partial charge in [-0.3, -0.25) is 10.1 Å². The highest BCUT2D eigenvalue weighted by atomic mass is 16.6. The zero-order valence-corrected chi connectivity index (χ0v) is 9.84. The first-order valence-electron chi connectivity index (χ1n) is 5.35. The van der Waals surface area contributed by atoms with Crippen LogP contribution in [0.15, 0.2) is 18.2 Å². The van der Waals surface area contributed by atoms with Gasteiger partial charge in [-0.2, -0.15) is 0 Å². The van der Waals surface area contributed by atoms with Crippen LogP contribution in [-0.2, 0) is 0 Å². The molecule has 0 aliphatic carbocycles. The van der Waals surface area contributed by atoms with Crippen LogP contribution in [0.1, 0.15) is 13.8 Å². The lowest BCUT2D eigenvalue weighted by Crippen LogP contribution is -2.11. The Labute approximate surface area is 99.4 Å². The summed E-state index contributed by atoms with van der Waals surface area (Å²) >= 11 is 0. The second-order valence-corrected chi connectivity index (χ2v) is 3.73. The van der Waals surface area contributed by atoms with Gasteiger partial charge < -0.3 is 15.2 Å². The Morgan fingerprint density at radius 3 is 2.76 bits per heavy atom. The molecule has 0 saturated heterocycles. The van der Waals surface area contributed by atoms with Gasteiger partial charge in [-0.15, -0.1) is 0 Å². The summed E-state index contributed by atoms with van der Waals surface area (Å²) in [7, 11) is 0. The molecule has 0 amide bonds. The van der Waals surface area contributed by atoms with E-state index in [9.17, 15) is 10.1 Å². The van der Waals surface area contributed by atoms with Gasteiger partial charge in [0.2, 0.25) is 0 Å². The fourth-order valence-electron chi connectivity index (χ4n) is 1.39. The number of hydrogen-bond donors (Lipinski definition) is 2. The number of hydrogen-bond acceptors (Lipinski definition) is 5. The van der Waals surface area contributed by atoms with Gasteiger partial charge >= 0.3 is 5.69 Å². The Balaban J connectivity index is 3.08. The Bertz CT molecular complexity index is 393. The number of nitro groups is 1. The summed E-state index contributed by atoms with van der Waals surface area (Å²) in [4.78, 5) is 10.5. The van der Waals surface area contributed by atoms with Crippen molar-refractivity contribution in [2.75, 3.05) is 18.5 Å². The molecule has 0 fully saturated rings. The van der Waals surface area contributed by atoms with Gasteiger partial charge in [0.05, 0.1) is 17.6 Å². The number of aliphatic hydroxyl groups excluding tert-OH is 1. The van der Waals surface area contributed by atoms with Crippen molar-refractivity contribution in [2.45, 2.75) is 20.0 Å². The van der Waals surface area contributed by atoms with Crippen LogP contribution in [0.5, 0.6) is 5.75 Å². The highest BCUT2D eigenvalue weighted by molar-refractivity contribution is 5.68. The predicted octanol–water partition coefficient (Wildman–Crippen LogP) is 1.79. The third kappa shape index (κ3) is 3.60. The van der Waals surface area contributed by atoms with E-state index in [1.807, 2.05) is 0 Å². The number of para-hydroxylation sites is 1. The van der Waals surface area contributed by atoms with Crippen LogP contribution in [0.25, 0.3) is 0 Å². The fourth-order valence-corrected chi connectivity index (χ4v) is 1.39. The minimum atomic E-state index is -0.489. The van der Waals surface area contributed by atoms with E-state index in [1.165, 1.54) is 0 Å². The SMILES string of the molecule is CC(C)Oc1cccc(NCCO)c1[N+](=O)[O-]. The van der Waals surface area contributed by atoms with E-state index in [0.29, 0.717) is 5.69 Å². The summed E-state index contributed by atoms with van der Waals surface area (Å²) in [5, 5.41) is 22.5. The molecule has 1 rings (SSSR count). The first-order valence-corrected chi connectivity index (χ1v) is 5.35. The van der Waals surface area contributed by atoms with Crippen LogP contribution >= 0.6 is 0 Å². The lowest BCUT2D eigenvalue weighted by atomic mass is 10.2. The third-order valence-corrected chi connectivity index (χ3v) is 1.97. The van der Waals surface area contributed by atoms with Crippen LogP contribution in [0.2, 0.25) is 0 Å². The molecule has 0 bridgehead atoms. The molecule has 0 unspecified atom stereocenters. The number of benzene rings is 1. The van der Waals surface area contributed by atoms with Gasteiger partial charge in [0.25, 0.3) is 0 Å². The second-order valence-electron chi connectivity index (χ2n) is 3.73. The second kappa shape index (κ2) is 6.05. The predicted molar refractivity (Wildman–Crippen MR) is 64.4 cm³/mol. The van der Waals surface area contributed by atoms with Crippen molar-refractivity contribution in [2.24, 2.45) is 0 Å². The monoisotopic (exact) mass is 240 g/mol. The van der Waals surface area contributed by atoms with Gasteiger partial charge in [-0.25, -0.2) is 0 Å². The van der Waals surface area contributed by atoms with Crippen LogP contribution in [-0.4, -0.2) is 29.3 Å². The zero-order chi connectivity index (χ0) is 12.8. The molecule has 0 aliphatic rings. The van der Waals surface area contributed by atoms with Gasteiger partial charge in [-0.05, 0) is 26.0 Å². The van der Waals surface area contributed by atoms with Crippen molar-refractivity contribution in [1.29, 1.82) is 0 Å². The molecule has 0 spiro atoms. The number of ether oxygens (including phenoxy) is 1. The first kappa shape index (κ1) is 13.2. The zero-order valence-electron chi connectivity index (χ0n) is 9.84. The standard InChI is InChI=1S/C11H16N2O4/c1-8(2)17-10-5-3-4-9(12-6-7-14)11(10)13(15)16/h3-5,8,12,14H,6-7H2,1-2H3. The normalized spacial score (nSPS) is 10.4. The van der Waals surface area contributed by atoms with Crippen LogP contribution in [0.4, 0.5) is 11.4 Å². The lowest BCUT2D eigenvalue weighted by Gasteiger charge is -2.12. The third-order valence-electron chi connectivity index (χ3n) is 1.97. The Kier molecular flexibility index (Phi) is 4.71. The van der Waals surface area contributed by atoms with Gasteiger partial charge in [0.15, 0.2) is 5.75 Å². The molecule has 94 valence electrons. The summed E-state index contributed by atoms with van der Waals surface area (Å²) in [6, 6.07) is 4.81. The molecule has 0 atom stereocenters. The lowest BCUT2D eigenvalue weighted by molar-refractivity contribution is -0.385. The van der Waals surface area contributed by atoms with E-state index in [2.05, 4.69) is 5.32 Å². The summed E-state index contributed by atoms with van der Waals surface area (Å²) in [6.45, 7) is 3.77. The first-order chi connectivity index (χ1) is 8.06. The fraction of sp³-hybridized carbons (Fsp3) is 0.455. The molecule has 0 aliphatic heterocycles. The van der Waals surface area contributed by atoms with E-state index < -0.39 is 4.92 Å². The van der Waals surface area contributed by atoms with Crippen molar-refractivity contribution in [1.82, 2.24) is 0 Å². The summed E-state index contributed by atoms with van der Waals surface area (Å²) < 4.78 is 5.38. The maximum Gasteiger partial charge on any atom is 0.333 e. The van der Waals surface area contributed by atoms with Crippen LogP contribution < -0.4 is 10.1 Å². The van der Waals surface area contributed by atoms with Crippen LogP contribution in [0.3, 0.4) is 0 Å². The summed E-state index contributed by atoms with van der Waals surface area (Å²) in [6.07, 6.45) is -0.137. The van der Waals surface area contributed by atoms with E-state index in [1.54, 1.807) is 32.0 Å². The molecule has 2 N–H and O–H groups in total. The number of anilines is 1. The number of nitro benzene ring substituents is 1. The number of aliphatic hydroxyl groups is 1. The maximum absolute atomic E-state index is 11.0. The quantitative estimate of drug-likeness (QED) is 0.585. The summed E-state index contributed by atoms with van der Waals surface area (Å²) in [5.41, 5.74) is 0.247. The van der Waals surface area contributed by atoms with E-state index in [0.717, 1.165) is 0 Å². The van der Waals surface area contributed by atoms with Crippen molar-refractivity contribution in [3.8, 4) is 5.75 Å².